The van der Waals surface area contributed by atoms with Gasteiger partial charge in [-0.1, -0.05) is 45.6 Å². The summed E-state index contributed by atoms with van der Waals surface area (Å²) in [6.07, 6.45) is 5.14. The number of benzene rings is 1. The highest BCUT2D eigenvalue weighted by Crippen LogP contribution is 2.39. The highest BCUT2D eigenvalue weighted by atomic mass is 28.3. The van der Waals surface area contributed by atoms with Gasteiger partial charge in [-0.3, -0.25) is 0 Å². The summed E-state index contributed by atoms with van der Waals surface area (Å²) in [6, 6.07) is 9.83. The molecule has 218 valence electrons. The van der Waals surface area contributed by atoms with Crippen molar-refractivity contribution in [3.8, 4) is 22.5 Å². The van der Waals surface area contributed by atoms with Gasteiger partial charge in [-0.05, 0) is 67.0 Å². The molecule has 9 nitrogen and oxygen atoms in total. The van der Waals surface area contributed by atoms with Crippen LogP contribution in [0.5, 0.6) is 0 Å². The first kappa shape index (κ1) is 29.0. The Labute approximate surface area is 243 Å². The van der Waals surface area contributed by atoms with E-state index in [1.165, 1.54) is 21.6 Å². The summed E-state index contributed by atoms with van der Waals surface area (Å²) in [4.78, 5) is 17.4. The van der Waals surface area contributed by atoms with Crippen molar-refractivity contribution in [1.82, 2.24) is 29.3 Å². The van der Waals surface area contributed by atoms with E-state index >= 15 is 0 Å². The smallest absolute Gasteiger partial charge is 0.407 e. The van der Waals surface area contributed by atoms with Gasteiger partial charge in [0.1, 0.15) is 13.1 Å². The number of amides is 1. The zero-order chi connectivity index (χ0) is 29.5. The van der Waals surface area contributed by atoms with Crippen LogP contribution in [0.3, 0.4) is 0 Å². The van der Waals surface area contributed by atoms with E-state index in [9.17, 15) is 9.90 Å². The fraction of sp³-hybridized carbons (Fsp3) is 0.484. The van der Waals surface area contributed by atoms with Gasteiger partial charge in [0, 0.05) is 50.7 Å². The van der Waals surface area contributed by atoms with Gasteiger partial charge in [0.25, 0.3) is 0 Å². The second kappa shape index (κ2) is 11.4. The zero-order valence-corrected chi connectivity index (χ0v) is 26.3. The highest BCUT2D eigenvalue weighted by Gasteiger charge is 2.28. The zero-order valence-electron chi connectivity index (χ0n) is 25.3. The minimum Gasteiger partial charge on any atom is -0.465 e. The first-order valence-electron chi connectivity index (χ1n) is 14.5. The van der Waals surface area contributed by atoms with Crippen molar-refractivity contribution in [3.63, 3.8) is 0 Å². The average molecular weight is 575 g/mol. The molecule has 3 heterocycles. The SMILES string of the molecule is Cc1cc(-c2c(C(C)C)c(-c3ccc4c(c3)CCC(N(C)C(=O)O)C4)nn2COCC[Si](C)(C)C)cn2ncnc12. The molecular formula is C31H42N6O3Si. The number of aromatic nitrogens is 5. The molecule has 4 aromatic rings. The standard InChI is InChI=1S/C31H42N6O3Si/c1-20(2)27-28(24-9-8-23-16-26(35(4)31(38)39)11-10-22(23)15-24)34-37(19-40-12-13-41(5,6)7)29(27)25-14-21(3)30-32-18-33-36(30)17-25/h8-9,14-15,17-18,20,26H,10-13,16,19H2,1-7H3,(H,38,39). The molecule has 5 rings (SSSR count). The molecule has 1 N–H and O–H groups in total. The Balaban J connectivity index is 1.57. The predicted molar refractivity (Wildman–Crippen MR) is 164 cm³/mol. The molecule has 1 atom stereocenters. The topological polar surface area (TPSA) is 97.8 Å². The van der Waals surface area contributed by atoms with E-state index in [-0.39, 0.29) is 12.0 Å². The fourth-order valence-corrected chi connectivity index (χ4v) is 6.51. The van der Waals surface area contributed by atoms with Crippen LogP contribution < -0.4 is 0 Å². The quantitative estimate of drug-likeness (QED) is 0.182. The highest BCUT2D eigenvalue weighted by molar-refractivity contribution is 6.76. The Bertz CT molecular complexity index is 1570. The molecule has 0 fully saturated rings. The molecule has 41 heavy (non-hydrogen) atoms. The number of carbonyl (C=O) groups is 1. The van der Waals surface area contributed by atoms with Gasteiger partial charge in [0.15, 0.2) is 5.65 Å². The van der Waals surface area contributed by atoms with Crippen LogP contribution in [-0.4, -0.2) is 68.2 Å². The van der Waals surface area contributed by atoms with Gasteiger partial charge in [-0.25, -0.2) is 19.0 Å². The van der Waals surface area contributed by atoms with Crippen molar-refractivity contribution in [2.24, 2.45) is 0 Å². The van der Waals surface area contributed by atoms with Crippen molar-refractivity contribution in [3.05, 3.63) is 59.0 Å². The number of fused-ring (bicyclic) bond motifs is 2. The number of hydrogen-bond acceptors (Lipinski definition) is 5. The second-order valence-electron chi connectivity index (χ2n) is 12.8. The van der Waals surface area contributed by atoms with Gasteiger partial charge in [-0.15, -0.1) is 0 Å². The van der Waals surface area contributed by atoms with Crippen molar-refractivity contribution >= 4 is 19.8 Å². The molecule has 0 spiro atoms. The van der Waals surface area contributed by atoms with Crippen LogP contribution in [-0.2, 0) is 24.3 Å². The molecule has 1 aliphatic rings. The maximum atomic E-state index is 11.5. The maximum Gasteiger partial charge on any atom is 0.407 e. The number of nitrogens with zero attached hydrogens (tertiary/aromatic N) is 6. The third-order valence-corrected chi connectivity index (χ3v) is 9.84. The summed E-state index contributed by atoms with van der Waals surface area (Å²) in [5.74, 6) is 0.215. The lowest BCUT2D eigenvalue weighted by molar-refractivity contribution is 0.0799. The Morgan fingerprint density at radius 2 is 1.98 bits per heavy atom. The van der Waals surface area contributed by atoms with E-state index in [0.29, 0.717) is 13.3 Å². The van der Waals surface area contributed by atoms with Gasteiger partial charge in [0.2, 0.25) is 0 Å². The number of ether oxygens (including phenoxy) is 1. The third kappa shape index (κ3) is 6.08. The summed E-state index contributed by atoms with van der Waals surface area (Å²) in [7, 11) is 0.445. The normalized spacial score (nSPS) is 15.5. The van der Waals surface area contributed by atoms with Crippen LogP contribution in [0.25, 0.3) is 28.2 Å². The number of pyridine rings is 1. The number of rotatable bonds is 9. The monoisotopic (exact) mass is 574 g/mol. The van der Waals surface area contributed by atoms with E-state index < -0.39 is 14.2 Å². The maximum absolute atomic E-state index is 11.5. The van der Waals surface area contributed by atoms with Crippen molar-refractivity contribution in [2.45, 2.75) is 84.4 Å². The summed E-state index contributed by atoms with van der Waals surface area (Å²) in [5.41, 5.74) is 9.69. The lowest BCUT2D eigenvalue weighted by atomic mass is 9.85. The number of likely N-dealkylation sites (N-methyl/N-ethyl adjacent to an activating group) is 1. The molecule has 0 bridgehead atoms. The molecule has 0 saturated heterocycles. The predicted octanol–water partition coefficient (Wildman–Crippen LogP) is 6.47. The minimum atomic E-state index is -1.22. The fourth-order valence-electron chi connectivity index (χ4n) is 5.76. The Morgan fingerprint density at radius 3 is 2.68 bits per heavy atom. The molecule has 1 aliphatic carbocycles. The lowest BCUT2D eigenvalue weighted by Crippen LogP contribution is -2.39. The van der Waals surface area contributed by atoms with Crippen LogP contribution in [0.1, 0.15) is 48.4 Å². The number of aryl methyl sites for hydroxylation is 2. The summed E-state index contributed by atoms with van der Waals surface area (Å²) in [6.45, 7) is 14.7. The van der Waals surface area contributed by atoms with E-state index in [1.54, 1.807) is 13.4 Å². The average Bonchev–Trinajstić information content (AvgIpc) is 3.55. The van der Waals surface area contributed by atoms with Gasteiger partial charge in [-0.2, -0.15) is 10.2 Å². The third-order valence-electron chi connectivity index (χ3n) is 8.14. The first-order valence-corrected chi connectivity index (χ1v) is 18.2. The number of hydrogen-bond donors (Lipinski definition) is 1. The van der Waals surface area contributed by atoms with Crippen LogP contribution in [0, 0.1) is 6.92 Å². The second-order valence-corrected chi connectivity index (χ2v) is 18.4. The van der Waals surface area contributed by atoms with Crippen LogP contribution in [0.15, 0.2) is 36.8 Å². The molecular weight excluding hydrogens is 532 g/mol. The molecule has 1 aromatic carbocycles. The number of carboxylic acid groups (broad SMARTS) is 1. The van der Waals surface area contributed by atoms with Crippen molar-refractivity contribution in [2.75, 3.05) is 13.7 Å². The minimum absolute atomic E-state index is 0.00568. The largest absolute Gasteiger partial charge is 0.465 e. The summed E-state index contributed by atoms with van der Waals surface area (Å²) < 4.78 is 10.1. The van der Waals surface area contributed by atoms with E-state index in [0.717, 1.165) is 59.0 Å². The van der Waals surface area contributed by atoms with Crippen LogP contribution >= 0.6 is 0 Å². The van der Waals surface area contributed by atoms with Gasteiger partial charge >= 0.3 is 6.09 Å². The Morgan fingerprint density at radius 1 is 1.20 bits per heavy atom. The van der Waals surface area contributed by atoms with Crippen LogP contribution in [0.2, 0.25) is 25.7 Å². The molecule has 0 aliphatic heterocycles. The van der Waals surface area contributed by atoms with Gasteiger partial charge < -0.3 is 14.7 Å². The van der Waals surface area contributed by atoms with Crippen molar-refractivity contribution in [1.29, 1.82) is 0 Å². The Hall–Kier alpha value is -3.50. The van der Waals surface area contributed by atoms with Gasteiger partial charge in [0.05, 0.1) is 11.4 Å². The lowest BCUT2D eigenvalue weighted by Gasteiger charge is -2.30. The summed E-state index contributed by atoms with van der Waals surface area (Å²) >= 11 is 0. The molecule has 3 aromatic heterocycles. The van der Waals surface area contributed by atoms with E-state index in [2.05, 4.69) is 74.8 Å². The molecule has 10 heteroatoms. The van der Waals surface area contributed by atoms with E-state index in [4.69, 9.17) is 9.84 Å². The molecule has 0 radical (unpaired) electrons. The molecule has 1 unspecified atom stereocenters. The molecule has 1 amide bonds. The van der Waals surface area contributed by atoms with Crippen LogP contribution in [0.4, 0.5) is 4.79 Å². The first-order chi connectivity index (χ1) is 19.4. The summed E-state index contributed by atoms with van der Waals surface area (Å²) in [5, 5.41) is 19.1. The molecule has 0 saturated carbocycles. The van der Waals surface area contributed by atoms with Crippen molar-refractivity contribution < 1.29 is 14.6 Å². The van der Waals surface area contributed by atoms with E-state index in [1.807, 2.05) is 15.4 Å². The Kier molecular flexibility index (Phi) is 8.07.